The van der Waals surface area contributed by atoms with Crippen LogP contribution in [-0.4, -0.2) is 23.7 Å². The molecule has 1 aliphatic rings. The Bertz CT molecular complexity index is 409. The minimum Gasteiger partial charge on any atom is -0.381 e. The summed E-state index contributed by atoms with van der Waals surface area (Å²) in [4.78, 5) is 4.42. The Morgan fingerprint density at radius 2 is 2.22 bits per heavy atom. The zero-order chi connectivity index (χ0) is 13.1. The van der Waals surface area contributed by atoms with Crippen LogP contribution in [0.5, 0.6) is 0 Å². The summed E-state index contributed by atoms with van der Waals surface area (Å²) in [6.07, 6.45) is 2.52. The fraction of sp³-hybridized carbons (Fsp3) is 0.643. The summed E-state index contributed by atoms with van der Waals surface area (Å²) in [5.41, 5.74) is 2.17. The van der Waals surface area contributed by atoms with Crippen LogP contribution in [-0.2, 0) is 4.74 Å². The average molecular weight is 313 g/mol. The Morgan fingerprint density at radius 3 is 2.89 bits per heavy atom. The zero-order valence-electron chi connectivity index (χ0n) is 11.2. The summed E-state index contributed by atoms with van der Waals surface area (Å²) >= 11 is 3.39. The Kier molecular flexibility index (Phi) is 4.62. The standard InChI is InChI=1S/C14H21BrN2O/c1-9(2)13-8-11(6-7-18-13)17-12-4-5-14(15)16-10(12)3/h4-5,9,11,13,17H,6-8H2,1-3H3. The summed E-state index contributed by atoms with van der Waals surface area (Å²) in [6, 6.07) is 4.56. The summed E-state index contributed by atoms with van der Waals surface area (Å²) in [7, 11) is 0. The molecule has 1 fully saturated rings. The maximum absolute atomic E-state index is 5.79. The lowest BCUT2D eigenvalue weighted by Gasteiger charge is -2.33. The number of aromatic nitrogens is 1. The molecule has 2 heterocycles. The SMILES string of the molecule is Cc1nc(Br)ccc1NC1CCOC(C(C)C)C1. The Balaban J connectivity index is 2.00. The van der Waals surface area contributed by atoms with Gasteiger partial charge in [0.05, 0.1) is 17.5 Å². The van der Waals surface area contributed by atoms with Gasteiger partial charge in [0.2, 0.25) is 0 Å². The highest BCUT2D eigenvalue weighted by molar-refractivity contribution is 9.10. The first-order chi connectivity index (χ1) is 8.56. The minimum absolute atomic E-state index is 0.375. The molecule has 0 bridgehead atoms. The summed E-state index contributed by atoms with van der Waals surface area (Å²) in [5.74, 6) is 0.582. The second-order valence-corrected chi connectivity index (χ2v) is 6.10. The topological polar surface area (TPSA) is 34.2 Å². The van der Waals surface area contributed by atoms with Crippen molar-refractivity contribution in [2.45, 2.75) is 45.8 Å². The number of hydrogen-bond donors (Lipinski definition) is 1. The quantitative estimate of drug-likeness (QED) is 0.863. The second-order valence-electron chi connectivity index (χ2n) is 5.29. The van der Waals surface area contributed by atoms with E-state index in [0.717, 1.165) is 35.4 Å². The molecule has 0 aliphatic carbocycles. The smallest absolute Gasteiger partial charge is 0.106 e. The van der Waals surface area contributed by atoms with Crippen LogP contribution in [0.3, 0.4) is 0 Å². The molecule has 1 saturated heterocycles. The molecule has 2 rings (SSSR count). The van der Waals surface area contributed by atoms with Crippen LogP contribution >= 0.6 is 15.9 Å². The molecule has 1 aromatic rings. The van der Waals surface area contributed by atoms with E-state index < -0.39 is 0 Å². The summed E-state index contributed by atoms with van der Waals surface area (Å²) in [6.45, 7) is 7.33. The predicted molar refractivity (Wildman–Crippen MR) is 77.9 cm³/mol. The van der Waals surface area contributed by atoms with Gasteiger partial charge in [0, 0.05) is 12.6 Å². The maximum atomic E-state index is 5.79. The lowest BCUT2D eigenvalue weighted by atomic mass is 9.95. The van der Waals surface area contributed by atoms with Crippen LogP contribution < -0.4 is 5.32 Å². The molecule has 3 nitrogen and oxygen atoms in total. The molecule has 100 valence electrons. The van der Waals surface area contributed by atoms with Crippen LogP contribution in [0, 0.1) is 12.8 Å². The highest BCUT2D eigenvalue weighted by Crippen LogP contribution is 2.24. The molecule has 0 radical (unpaired) electrons. The van der Waals surface area contributed by atoms with Gasteiger partial charge in [0.1, 0.15) is 4.60 Å². The molecular weight excluding hydrogens is 292 g/mol. The van der Waals surface area contributed by atoms with Crippen molar-refractivity contribution in [3.8, 4) is 0 Å². The molecule has 1 aliphatic heterocycles. The molecule has 18 heavy (non-hydrogen) atoms. The summed E-state index contributed by atoms with van der Waals surface area (Å²) < 4.78 is 6.68. The molecule has 4 heteroatoms. The van der Waals surface area contributed by atoms with E-state index in [1.54, 1.807) is 0 Å². The Labute approximate surface area is 117 Å². The molecule has 0 spiro atoms. The van der Waals surface area contributed by atoms with Crippen LogP contribution in [0.2, 0.25) is 0 Å². The first kappa shape index (κ1) is 13.8. The number of nitrogens with one attached hydrogen (secondary N) is 1. The van der Waals surface area contributed by atoms with Crippen molar-refractivity contribution in [2.75, 3.05) is 11.9 Å². The molecule has 0 saturated carbocycles. The zero-order valence-corrected chi connectivity index (χ0v) is 12.8. The summed E-state index contributed by atoms with van der Waals surface area (Å²) in [5, 5.41) is 3.60. The fourth-order valence-electron chi connectivity index (χ4n) is 2.33. The molecule has 0 aromatic carbocycles. The number of nitrogens with zero attached hydrogens (tertiary/aromatic N) is 1. The normalized spacial score (nSPS) is 24.3. The number of hydrogen-bond acceptors (Lipinski definition) is 3. The lowest BCUT2D eigenvalue weighted by molar-refractivity contribution is -0.0160. The van der Waals surface area contributed by atoms with Crippen LogP contribution in [0.4, 0.5) is 5.69 Å². The minimum atomic E-state index is 0.375. The number of halogens is 1. The van der Waals surface area contributed by atoms with Crippen LogP contribution in [0.15, 0.2) is 16.7 Å². The third-order valence-corrected chi connectivity index (χ3v) is 3.91. The van der Waals surface area contributed by atoms with Crippen LogP contribution in [0.1, 0.15) is 32.4 Å². The molecule has 2 unspecified atom stereocenters. The predicted octanol–water partition coefficient (Wildman–Crippen LogP) is 3.77. The van der Waals surface area contributed by atoms with E-state index in [1.807, 2.05) is 13.0 Å². The van der Waals surface area contributed by atoms with E-state index >= 15 is 0 Å². The van der Waals surface area contributed by atoms with E-state index in [-0.39, 0.29) is 0 Å². The maximum Gasteiger partial charge on any atom is 0.106 e. The van der Waals surface area contributed by atoms with Gasteiger partial charge in [-0.15, -0.1) is 0 Å². The Hall–Kier alpha value is -0.610. The number of aryl methyl sites for hydroxylation is 1. The number of ether oxygens (including phenoxy) is 1. The van der Waals surface area contributed by atoms with Crippen molar-refractivity contribution >= 4 is 21.6 Å². The van der Waals surface area contributed by atoms with Gasteiger partial charge < -0.3 is 10.1 Å². The highest BCUT2D eigenvalue weighted by atomic mass is 79.9. The van der Waals surface area contributed by atoms with Gasteiger partial charge in [-0.25, -0.2) is 4.98 Å². The highest BCUT2D eigenvalue weighted by Gasteiger charge is 2.25. The van der Waals surface area contributed by atoms with E-state index in [9.17, 15) is 0 Å². The molecular formula is C14H21BrN2O. The monoisotopic (exact) mass is 312 g/mol. The van der Waals surface area contributed by atoms with E-state index in [0.29, 0.717) is 18.1 Å². The molecule has 1 N–H and O–H groups in total. The van der Waals surface area contributed by atoms with Gasteiger partial charge in [-0.2, -0.15) is 0 Å². The second kappa shape index (κ2) is 6.02. The third kappa shape index (κ3) is 3.45. The van der Waals surface area contributed by atoms with Crippen molar-refractivity contribution in [2.24, 2.45) is 5.92 Å². The van der Waals surface area contributed by atoms with E-state index in [1.165, 1.54) is 0 Å². The molecule has 1 aromatic heterocycles. The third-order valence-electron chi connectivity index (χ3n) is 3.47. The first-order valence-electron chi connectivity index (χ1n) is 6.57. The number of pyridine rings is 1. The van der Waals surface area contributed by atoms with Crippen LogP contribution in [0.25, 0.3) is 0 Å². The molecule has 2 atom stereocenters. The van der Waals surface area contributed by atoms with Gasteiger partial charge >= 0.3 is 0 Å². The first-order valence-corrected chi connectivity index (χ1v) is 7.37. The van der Waals surface area contributed by atoms with Gasteiger partial charge in [-0.3, -0.25) is 0 Å². The van der Waals surface area contributed by atoms with Crippen molar-refractivity contribution < 1.29 is 4.74 Å². The van der Waals surface area contributed by atoms with E-state index in [4.69, 9.17) is 4.74 Å². The van der Waals surface area contributed by atoms with Crippen molar-refractivity contribution in [3.63, 3.8) is 0 Å². The lowest BCUT2D eigenvalue weighted by Crippen LogP contribution is -2.36. The van der Waals surface area contributed by atoms with Crippen molar-refractivity contribution in [1.29, 1.82) is 0 Å². The van der Waals surface area contributed by atoms with Gasteiger partial charge in [-0.05, 0) is 53.7 Å². The van der Waals surface area contributed by atoms with Gasteiger partial charge in [0.15, 0.2) is 0 Å². The largest absolute Gasteiger partial charge is 0.381 e. The molecule has 0 amide bonds. The van der Waals surface area contributed by atoms with Crippen molar-refractivity contribution in [3.05, 3.63) is 22.4 Å². The van der Waals surface area contributed by atoms with Gasteiger partial charge in [-0.1, -0.05) is 13.8 Å². The number of anilines is 1. The van der Waals surface area contributed by atoms with Gasteiger partial charge in [0.25, 0.3) is 0 Å². The average Bonchev–Trinajstić information content (AvgIpc) is 2.33. The Morgan fingerprint density at radius 1 is 1.44 bits per heavy atom. The van der Waals surface area contributed by atoms with E-state index in [2.05, 4.69) is 46.1 Å². The fourth-order valence-corrected chi connectivity index (χ4v) is 2.72. The number of rotatable bonds is 3. The van der Waals surface area contributed by atoms with Crippen molar-refractivity contribution in [1.82, 2.24) is 4.98 Å².